The molecule has 35 heavy (non-hydrogen) atoms. The van der Waals surface area contributed by atoms with Gasteiger partial charge in [-0.25, -0.2) is 13.7 Å². The average molecular weight is 470 g/mol. The first-order chi connectivity index (χ1) is 17.2. The molecule has 8 heteroatoms. The molecule has 0 unspecified atom stereocenters. The zero-order valence-electron chi connectivity index (χ0n) is 19.0. The maximum Gasteiger partial charge on any atom is 0.334 e. The second-order valence-electron chi connectivity index (χ2n) is 8.87. The fourth-order valence-electron chi connectivity index (χ4n) is 5.11. The van der Waals surface area contributed by atoms with Gasteiger partial charge in [-0.1, -0.05) is 30.3 Å². The van der Waals surface area contributed by atoms with Crippen molar-refractivity contribution in [2.45, 2.75) is 25.4 Å². The number of carbonyl (C=O) groups is 1. The van der Waals surface area contributed by atoms with Gasteiger partial charge in [-0.3, -0.25) is 13.9 Å². The summed E-state index contributed by atoms with van der Waals surface area (Å²) in [7, 11) is 0. The van der Waals surface area contributed by atoms with Gasteiger partial charge >= 0.3 is 5.69 Å². The minimum Gasteiger partial charge on any atom is -0.336 e. The number of pyridine rings is 1. The van der Waals surface area contributed by atoms with Gasteiger partial charge in [-0.05, 0) is 54.8 Å². The van der Waals surface area contributed by atoms with Crippen LogP contribution >= 0.6 is 0 Å². The van der Waals surface area contributed by atoms with Crippen LogP contribution in [0.5, 0.6) is 0 Å². The number of para-hydroxylation sites is 2. The van der Waals surface area contributed by atoms with Crippen molar-refractivity contribution in [3.63, 3.8) is 0 Å². The SMILES string of the molecule is O=C(Cn1c(=O)n(-c2ccc(-c3cnn4ccccc34)cc2)c2ccccc21)N1CCC[C@H]1CF. The molecule has 1 aliphatic heterocycles. The summed E-state index contributed by atoms with van der Waals surface area (Å²) < 4.78 is 18.3. The molecule has 7 nitrogen and oxygen atoms in total. The van der Waals surface area contributed by atoms with Gasteiger partial charge in [0.05, 0.1) is 34.5 Å². The van der Waals surface area contributed by atoms with Crippen LogP contribution in [0.25, 0.3) is 33.4 Å². The fraction of sp³-hybridized carbons (Fsp3) is 0.222. The van der Waals surface area contributed by atoms with E-state index in [0.717, 1.165) is 28.6 Å². The second kappa shape index (κ2) is 8.54. The number of likely N-dealkylation sites (tertiary alicyclic amines) is 1. The van der Waals surface area contributed by atoms with Gasteiger partial charge in [-0.2, -0.15) is 5.10 Å². The summed E-state index contributed by atoms with van der Waals surface area (Å²) >= 11 is 0. The number of halogens is 1. The Morgan fingerprint density at radius 1 is 0.971 bits per heavy atom. The highest BCUT2D eigenvalue weighted by molar-refractivity contribution is 5.83. The van der Waals surface area contributed by atoms with Gasteiger partial charge in [0.15, 0.2) is 0 Å². The summed E-state index contributed by atoms with van der Waals surface area (Å²) in [6.45, 7) is -0.128. The first-order valence-corrected chi connectivity index (χ1v) is 11.7. The Morgan fingerprint density at radius 3 is 2.51 bits per heavy atom. The Bertz CT molecular complexity index is 1600. The van der Waals surface area contributed by atoms with Crippen molar-refractivity contribution in [3.05, 3.63) is 89.6 Å². The number of carbonyl (C=O) groups excluding carboxylic acids is 1. The zero-order valence-corrected chi connectivity index (χ0v) is 19.0. The van der Waals surface area contributed by atoms with Crippen molar-refractivity contribution in [1.29, 1.82) is 0 Å². The minimum atomic E-state index is -0.554. The molecule has 0 spiro atoms. The number of alkyl halides is 1. The number of rotatable bonds is 5. The van der Waals surface area contributed by atoms with Crippen LogP contribution in [0.4, 0.5) is 4.39 Å². The summed E-state index contributed by atoms with van der Waals surface area (Å²) in [5.41, 5.74) is 4.81. The number of hydrogen-bond acceptors (Lipinski definition) is 3. The zero-order chi connectivity index (χ0) is 23.9. The monoisotopic (exact) mass is 469 g/mol. The predicted molar refractivity (Wildman–Crippen MR) is 132 cm³/mol. The molecule has 4 heterocycles. The number of hydrogen-bond donors (Lipinski definition) is 0. The third-order valence-electron chi connectivity index (χ3n) is 6.87. The quantitative estimate of drug-likeness (QED) is 0.390. The van der Waals surface area contributed by atoms with E-state index in [4.69, 9.17) is 0 Å². The number of aromatic nitrogens is 4. The van der Waals surface area contributed by atoms with E-state index in [9.17, 15) is 14.0 Å². The Labute approximate surface area is 200 Å². The number of nitrogens with zero attached hydrogens (tertiary/aromatic N) is 5. The van der Waals surface area contributed by atoms with Crippen molar-refractivity contribution in [1.82, 2.24) is 23.6 Å². The van der Waals surface area contributed by atoms with Gasteiger partial charge in [-0.15, -0.1) is 0 Å². The van der Waals surface area contributed by atoms with E-state index in [2.05, 4.69) is 5.10 Å². The highest BCUT2D eigenvalue weighted by Crippen LogP contribution is 2.26. The normalized spacial score (nSPS) is 15.9. The van der Waals surface area contributed by atoms with Crippen LogP contribution in [0.2, 0.25) is 0 Å². The highest BCUT2D eigenvalue weighted by Gasteiger charge is 2.29. The van der Waals surface area contributed by atoms with E-state index in [1.54, 1.807) is 9.47 Å². The van der Waals surface area contributed by atoms with Crippen LogP contribution in [0.1, 0.15) is 12.8 Å². The van der Waals surface area contributed by atoms with Crippen molar-refractivity contribution < 1.29 is 9.18 Å². The van der Waals surface area contributed by atoms with Crippen LogP contribution in [0.15, 0.2) is 83.9 Å². The van der Waals surface area contributed by atoms with E-state index in [-0.39, 0.29) is 24.2 Å². The molecule has 5 aromatic rings. The average Bonchev–Trinajstić information content (AvgIpc) is 3.61. The summed E-state index contributed by atoms with van der Waals surface area (Å²) in [4.78, 5) is 28.1. The molecule has 0 bridgehead atoms. The Kier molecular flexibility index (Phi) is 5.21. The van der Waals surface area contributed by atoms with Crippen LogP contribution in [0.3, 0.4) is 0 Å². The maximum absolute atomic E-state index is 13.5. The number of benzene rings is 2. The van der Waals surface area contributed by atoms with Gasteiger partial charge in [0, 0.05) is 18.3 Å². The Morgan fingerprint density at radius 2 is 1.71 bits per heavy atom. The lowest BCUT2D eigenvalue weighted by molar-refractivity contribution is -0.132. The Hall–Kier alpha value is -4.20. The molecule has 1 fully saturated rings. The number of fused-ring (bicyclic) bond motifs is 2. The van der Waals surface area contributed by atoms with Crippen LogP contribution in [-0.2, 0) is 11.3 Å². The summed E-state index contributed by atoms with van der Waals surface area (Å²) in [5.74, 6) is -0.224. The minimum absolute atomic E-state index is 0.108. The Balaban J connectivity index is 1.38. The topological polar surface area (TPSA) is 64.5 Å². The first-order valence-electron chi connectivity index (χ1n) is 11.7. The molecule has 0 saturated carbocycles. The molecule has 0 radical (unpaired) electrons. The fourth-order valence-corrected chi connectivity index (χ4v) is 5.11. The molecule has 0 N–H and O–H groups in total. The van der Waals surface area contributed by atoms with Crippen LogP contribution in [0, 0.1) is 0 Å². The molecule has 1 saturated heterocycles. The van der Waals surface area contributed by atoms with Crippen LogP contribution < -0.4 is 5.69 Å². The van der Waals surface area contributed by atoms with Crippen molar-refractivity contribution >= 4 is 22.5 Å². The van der Waals surface area contributed by atoms with Crippen LogP contribution in [-0.4, -0.2) is 48.8 Å². The number of amides is 1. The van der Waals surface area contributed by atoms with E-state index in [0.29, 0.717) is 24.2 Å². The van der Waals surface area contributed by atoms with E-state index in [1.807, 2.05) is 83.6 Å². The van der Waals surface area contributed by atoms with Gasteiger partial charge in [0.25, 0.3) is 0 Å². The molecule has 3 aromatic heterocycles. The third kappa shape index (κ3) is 3.53. The summed E-state index contributed by atoms with van der Waals surface area (Å²) in [6, 6.07) is 20.7. The molecule has 176 valence electrons. The molecule has 1 amide bonds. The largest absolute Gasteiger partial charge is 0.336 e. The summed E-state index contributed by atoms with van der Waals surface area (Å²) in [5, 5.41) is 4.40. The van der Waals surface area contributed by atoms with Gasteiger partial charge in [0.2, 0.25) is 5.91 Å². The second-order valence-corrected chi connectivity index (χ2v) is 8.87. The third-order valence-corrected chi connectivity index (χ3v) is 6.87. The first kappa shape index (κ1) is 21.3. The molecule has 0 aliphatic carbocycles. The smallest absolute Gasteiger partial charge is 0.334 e. The van der Waals surface area contributed by atoms with E-state index < -0.39 is 6.67 Å². The highest BCUT2D eigenvalue weighted by atomic mass is 19.1. The molecule has 2 aromatic carbocycles. The molecule has 1 atom stereocenters. The van der Waals surface area contributed by atoms with E-state index in [1.165, 1.54) is 4.57 Å². The standard InChI is InChI=1S/C27H24FN5O2/c28-16-21-6-5-14-30(21)26(34)18-31-24-8-1-2-9-25(24)33(27(31)35)20-12-10-19(11-13-20)22-17-29-32-15-4-3-7-23(22)32/h1-4,7-13,15,17,21H,5-6,14,16,18H2/t21-/m0/s1. The van der Waals surface area contributed by atoms with Crippen molar-refractivity contribution in [2.75, 3.05) is 13.2 Å². The maximum atomic E-state index is 13.5. The van der Waals surface area contributed by atoms with E-state index >= 15 is 0 Å². The lowest BCUT2D eigenvalue weighted by Gasteiger charge is -2.22. The lowest BCUT2D eigenvalue weighted by atomic mass is 10.1. The molecule has 1 aliphatic rings. The molecule has 6 rings (SSSR count). The number of imidazole rings is 1. The molecular formula is C27H24FN5O2. The van der Waals surface area contributed by atoms with Gasteiger partial charge in [0.1, 0.15) is 13.2 Å². The van der Waals surface area contributed by atoms with Gasteiger partial charge < -0.3 is 4.90 Å². The predicted octanol–water partition coefficient (Wildman–Crippen LogP) is 4.07. The lowest BCUT2D eigenvalue weighted by Crippen LogP contribution is -2.40. The van der Waals surface area contributed by atoms with Crippen molar-refractivity contribution in [2.24, 2.45) is 0 Å². The molecular weight excluding hydrogens is 445 g/mol. The summed E-state index contributed by atoms with van der Waals surface area (Å²) in [6.07, 6.45) is 5.19. The van der Waals surface area contributed by atoms with Crippen molar-refractivity contribution in [3.8, 4) is 16.8 Å².